The van der Waals surface area contributed by atoms with E-state index in [1.807, 2.05) is 36.4 Å². The van der Waals surface area contributed by atoms with Crippen molar-refractivity contribution in [3.05, 3.63) is 66.2 Å². The van der Waals surface area contributed by atoms with Gasteiger partial charge < -0.3 is 10.0 Å². The van der Waals surface area contributed by atoms with E-state index < -0.39 is 5.97 Å². The van der Waals surface area contributed by atoms with Gasteiger partial charge in [-0.1, -0.05) is 48.5 Å². The van der Waals surface area contributed by atoms with Crippen molar-refractivity contribution in [3.8, 4) is 0 Å². The molecular weight excluding hydrogens is 334 g/mol. The van der Waals surface area contributed by atoms with Crippen LogP contribution in [0, 0.1) is 5.92 Å². The third-order valence-electron chi connectivity index (χ3n) is 4.62. The molecule has 0 bridgehead atoms. The number of carboxylic acids is 1. The first kappa shape index (κ1) is 17.5. The molecule has 130 valence electrons. The van der Waals surface area contributed by atoms with Gasteiger partial charge in [-0.15, -0.1) is 0 Å². The second-order valence-corrected chi connectivity index (χ2v) is 7.39. The summed E-state index contributed by atoms with van der Waals surface area (Å²) >= 11 is 4.73. The standard InChI is InChI=1S/C20H21NO3S/c22-18(23)14-21(16-9-5-2-6-10-16)19(24)17(20(25)11-12-20)13-15-7-3-1-4-8-15/h1-10,17,25H,11-14H2,(H,22,23). The van der Waals surface area contributed by atoms with Gasteiger partial charge in [0.15, 0.2) is 0 Å². The lowest BCUT2D eigenvalue weighted by atomic mass is 9.92. The fraction of sp³-hybridized carbons (Fsp3) is 0.300. The van der Waals surface area contributed by atoms with E-state index in [1.165, 1.54) is 4.90 Å². The summed E-state index contributed by atoms with van der Waals surface area (Å²) in [6.07, 6.45) is 2.30. The van der Waals surface area contributed by atoms with Gasteiger partial charge in [0, 0.05) is 10.4 Å². The number of carbonyl (C=O) groups is 2. The molecule has 0 aliphatic heterocycles. The molecule has 0 saturated heterocycles. The highest BCUT2D eigenvalue weighted by Crippen LogP contribution is 2.50. The maximum atomic E-state index is 13.3. The minimum Gasteiger partial charge on any atom is -0.480 e. The molecule has 0 aromatic heterocycles. The molecule has 2 aromatic rings. The summed E-state index contributed by atoms with van der Waals surface area (Å²) in [6, 6.07) is 18.8. The number of thiol groups is 1. The minimum atomic E-state index is -1.03. The summed E-state index contributed by atoms with van der Waals surface area (Å²) in [5, 5.41) is 9.27. The van der Waals surface area contributed by atoms with Crippen LogP contribution in [-0.4, -0.2) is 28.3 Å². The minimum absolute atomic E-state index is 0.176. The smallest absolute Gasteiger partial charge is 0.323 e. The number of amides is 1. The predicted molar refractivity (Wildman–Crippen MR) is 101 cm³/mol. The first-order valence-electron chi connectivity index (χ1n) is 8.34. The number of nitrogens with zero attached hydrogens (tertiary/aromatic N) is 1. The van der Waals surface area contributed by atoms with Gasteiger partial charge >= 0.3 is 5.97 Å². The van der Waals surface area contributed by atoms with Crippen LogP contribution in [0.2, 0.25) is 0 Å². The second kappa shape index (κ2) is 7.31. The van der Waals surface area contributed by atoms with Crippen LogP contribution in [0.3, 0.4) is 0 Å². The molecule has 2 aromatic carbocycles. The van der Waals surface area contributed by atoms with Crippen molar-refractivity contribution in [2.45, 2.75) is 24.0 Å². The molecule has 1 N–H and O–H groups in total. The zero-order valence-corrected chi connectivity index (χ0v) is 14.7. The molecule has 5 heteroatoms. The van der Waals surface area contributed by atoms with Crippen molar-refractivity contribution in [2.75, 3.05) is 11.4 Å². The maximum absolute atomic E-state index is 13.3. The Labute approximate surface area is 152 Å². The topological polar surface area (TPSA) is 57.6 Å². The van der Waals surface area contributed by atoms with Crippen LogP contribution in [-0.2, 0) is 16.0 Å². The quantitative estimate of drug-likeness (QED) is 0.748. The molecular formula is C20H21NO3S. The number of hydrogen-bond acceptors (Lipinski definition) is 3. The number of benzene rings is 2. The molecule has 1 aliphatic carbocycles. The molecule has 1 atom stereocenters. The zero-order valence-electron chi connectivity index (χ0n) is 13.8. The van der Waals surface area contributed by atoms with Gasteiger partial charge in [0.2, 0.25) is 5.91 Å². The van der Waals surface area contributed by atoms with Crippen LogP contribution in [0.4, 0.5) is 5.69 Å². The molecule has 25 heavy (non-hydrogen) atoms. The summed E-state index contributed by atoms with van der Waals surface area (Å²) in [5.74, 6) is -1.55. The Kier molecular flexibility index (Phi) is 5.13. The van der Waals surface area contributed by atoms with Crippen molar-refractivity contribution in [2.24, 2.45) is 5.92 Å². The Hall–Kier alpha value is -2.27. The molecule has 1 unspecified atom stereocenters. The summed E-state index contributed by atoms with van der Waals surface area (Å²) < 4.78 is -0.349. The highest BCUT2D eigenvalue weighted by molar-refractivity contribution is 7.82. The Morgan fingerprint density at radius 2 is 1.60 bits per heavy atom. The first-order chi connectivity index (χ1) is 12.0. The lowest BCUT2D eigenvalue weighted by Gasteiger charge is -2.29. The van der Waals surface area contributed by atoms with Gasteiger partial charge in [-0.05, 0) is 37.0 Å². The number of aliphatic carboxylic acids is 1. The summed E-state index contributed by atoms with van der Waals surface area (Å²) in [4.78, 5) is 26.0. The van der Waals surface area contributed by atoms with Crippen LogP contribution in [0.1, 0.15) is 18.4 Å². The monoisotopic (exact) mass is 355 g/mol. The van der Waals surface area contributed by atoms with E-state index in [9.17, 15) is 14.7 Å². The number of rotatable bonds is 7. The van der Waals surface area contributed by atoms with Crippen LogP contribution in [0.15, 0.2) is 60.7 Å². The largest absolute Gasteiger partial charge is 0.480 e. The lowest BCUT2D eigenvalue weighted by Crippen LogP contribution is -2.44. The first-order valence-corrected chi connectivity index (χ1v) is 8.79. The fourth-order valence-electron chi connectivity index (χ4n) is 3.06. The Morgan fingerprint density at radius 1 is 1.04 bits per heavy atom. The normalized spacial score (nSPS) is 16.0. The molecule has 0 heterocycles. The third kappa shape index (κ3) is 4.23. The van der Waals surface area contributed by atoms with Crippen LogP contribution in [0.5, 0.6) is 0 Å². The highest BCUT2D eigenvalue weighted by atomic mass is 32.1. The summed E-state index contributed by atoms with van der Waals surface area (Å²) in [5.41, 5.74) is 1.66. The van der Waals surface area contributed by atoms with E-state index in [1.54, 1.807) is 24.3 Å². The summed E-state index contributed by atoms with van der Waals surface area (Å²) in [6.45, 7) is -0.349. The molecule has 4 nitrogen and oxygen atoms in total. The third-order valence-corrected chi connectivity index (χ3v) is 5.38. The second-order valence-electron chi connectivity index (χ2n) is 6.50. The maximum Gasteiger partial charge on any atom is 0.323 e. The van der Waals surface area contributed by atoms with Crippen molar-refractivity contribution in [1.29, 1.82) is 0 Å². The van der Waals surface area contributed by atoms with E-state index in [-0.39, 0.29) is 23.1 Å². The van der Waals surface area contributed by atoms with E-state index in [0.29, 0.717) is 12.1 Å². The van der Waals surface area contributed by atoms with Gasteiger partial charge in [0.05, 0.1) is 5.92 Å². The van der Waals surface area contributed by atoms with Gasteiger partial charge in [-0.25, -0.2) is 0 Å². The summed E-state index contributed by atoms with van der Waals surface area (Å²) in [7, 11) is 0. The molecule has 1 fully saturated rings. The van der Waals surface area contributed by atoms with E-state index in [4.69, 9.17) is 12.6 Å². The van der Waals surface area contributed by atoms with E-state index in [0.717, 1.165) is 18.4 Å². The fourth-order valence-corrected chi connectivity index (χ4v) is 3.37. The van der Waals surface area contributed by atoms with Gasteiger partial charge in [0.25, 0.3) is 0 Å². The van der Waals surface area contributed by atoms with E-state index in [2.05, 4.69) is 0 Å². The van der Waals surface area contributed by atoms with Crippen LogP contribution < -0.4 is 4.90 Å². The number of carboxylic acid groups (broad SMARTS) is 1. The molecule has 1 saturated carbocycles. The average Bonchev–Trinajstić information content (AvgIpc) is 3.37. The van der Waals surface area contributed by atoms with E-state index >= 15 is 0 Å². The predicted octanol–water partition coefficient (Wildman–Crippen LogP) is 3.43. The van der Waals surface area contributed by atoms with Gasteiger partial charge in [-0.2, -0.15) is 12.6 Å². The van der Waals surface area contributed by atoms with Crippen LogP contribution >= 0.6 is 12.6 Å². The van der Waals surface area contributed by atoms with Crippen LogP contribution in [0.25, 0.3) is 0 Å². The molecule has 1 aliphatic rings. The highest BCUT2D eigenvalue weighted by Gasteiger charge is 2.50. The molecule has 0 radical (unpaired) electrons. The van der Waals surface area contributed by atoms with Crippen molar-refractivity contribution >= 4 is 30.2 Å². The molecule has 3 rings (SSSR count). The van der Waals surface area contributed by atoms with Gasteiger partial charge in [0.1, 0.15) is 6.54 Å². The zero-order chi connectivity index (χ0) is 17.9. The number of carbonyl (C=O) groups excluding carboxylic acids is 1. The SMILES string of the molecule is O=C(O)CN(C(=O)C(Cc1ccccc1)C1(S)CC1)c1ccccc1. The number of anilines is 1. The van der Waals surface area contributed by atoms with Gasteiger partial charge in [-0.3, -0.25) is 9.59 Å². The van der Waals surface area contributed by atoms with Crippen molar-refractivity contribution < 1.29 is 14.7 Å². The van der Waals surface area contributed by atoms with Crippen molar-refractivity contribution in [1.82, 2.24) is 0 Å². The molecule has 0 spiro atoms. The Bertz CT molecular complexity index is 744. The molecule has 1 amide bonds. The lowest BCUT2D eigenvalue weighted by molar-refractivity contribution is -0.137. The van der Waals surface area contributed by atoms with Crippen molar-refractivity contribution in [3.63, 3.8) is 0 Å². The number of hydrogen-bond donors (Lipinski definition) is 2. The Morgan fingerprint density at radius 3 is 2.12 bits per heavy atom. The average molecular weight is 355 g/mol. The number of para-hydroxylation sites is 1. The Balaban J connectivity index is 1.90.